The molecule has 6 nitrogen and oxygen atoms in total. The van der Waals surface area contributed by atoms with Gasteiger partial charge in [-0.1, -0.05) is 109 Å². The molecule has 0 saturated carbocycles. The van der Waals surface area contributed by atoms with Gasteiger partial charge in [-0.05, 0) is 32.1 Å². The maximum Gasteiger partial charge on any atom is 0.331 e. The molecule has 0 rings (SSSR count). The van der Waals surface area contributed by atoms with Crippen LogP contribution in [0.1, 0.15) is 142 Å². The summed E-state index contributed by atoms with van der Waals surface area (Å²) in [5, 5.41) is 29.7. The number of primary amides is 1. The fraction of sp³-hybridized carbons (Fsp3) is 0.857. The monoisotopic (exact) mass is 483 g/mol. The highest BCUT2D eigenvalue weighted by Gasteiger charge is 2.25. The molecule has 200 valence electrons. The SMILES string of the molecule is CCCCCCCCCCCCCCC/C(=C\CC(O)(CO)CCCCCCC(N)=O)C(=O)O. The van der Waals surface area contributed by atoms with Crippen LogP contribution < -0.4 is 5.73 Å². The second-order valence-electron chi connectivity index (χ2n) is 9.99. The van der Waals surface area contributed by atoms with Gasteiger partial charge in [-0.15, -0.1) is 0 Å². The zero-order valence-electron chi connectivity index (χ0n) is 21.9. The second-order valence-corrected chi connectivity index (χ2v) is 9.99. The van der Waals surface area contributed by atoms with Crippen LogP contribution in [0.4, 0.5) is 0 Å². The number of hydrogen-bond donors (Lipinski definition) is 4. The van der Waals surface area contributed by atoms with Gasteiger partial charge in [0.2, 0.25) is 5.91 Å². The lowest BCUT2D eigenvalue weighted by Crippen LogP contribution is -2.32. The number of carboxylic acid groups (broad SMARTS) is 1. The van der Waals surface area contributed by atoms with E-state index in [0.717, 1.165) is 38.5 Å². The number of nitrogens with two attached hydrogens (primary N) is 1. The predicted molar refractivity (Wildman–Crippen MR) is 140 cm³/mol. The van der Waals surface area contributed by atoms with Crippen LogP contribution in [-0.4, -0.2) is 39.4 Å². The van der Waals surface area contributed by atoms with Crippen molar-refractivity contribution in [2.75, 3.05) is 6.61 Å². The van der Waals surface area contributed by atoms with Crippen molar-refractivity contribution in [3.63, 3.8) is 0 Å². The third-order valence-electron chi connectivity index (χ3n) is 6.66. The minimum atomic E-state index is -1.29. The number of aliphatic hydroxyl groups is 2. The summed E-state index contributed by atoms with van der Waals surface area (Å²) >= 11 is 0. The van der Waals surface area contributed by atoms with E-state index in [9.17, 15) is 24.9 Å². The summed E-state index contributed by atoms with van der Waals surface area (Å²) in [6.45, 7) is 1.86. The van der Waals surface area contributed by atoms with Gasteiger partial charge in [0.25, 0.3) is 0 Å². The first-order valence-corrected chi connectivity index (χ1v) is 13.9. The Balaban J connectivity index is 4.00. The van der Waals surface area contributed by atoms with E-state index in [2.05, 4.69) is 6.92 Å². The number of rotatable bonds is 25. The number of aliphatic hydroxyl groups excluding tert-OH is 1. The number of aliphatic carboxylic acids is 1. The fourth-order valence-corrected chi connectivity index (χ4v) is 4.30. The molecular weight excluding hydrogens is 430 g/mol. The molecule has 1 unspecified atom stereocenters. The van der Waals surface area contributed by atoms with E-state index < -0.39 is 18.2 Å². The number of unbranched alkanes of at least 4 members (excludes halogenated alkanes) is 15. The molecule has 0 aliphatic carbocycles. The lowest BCUT2D eigenvalue weighted by atomic mass is 9.91. The fourth-order valence-electron chi connectivity index (χ4n) is 4.30. The van der Waals surface area contributed by atoms with Crippen molar-refractivity contribution in [3.05, 3.63) is 11.6 Å². The molecule has 1 atom stereocenters. The lowest BCUT2D eigenvalue weighted by molar-refractivity contribution is -0.132. The van der Waals surface area contributed by atoms with Crippen LogP contribution in [0.15, 0.2) is 11.6 Å². The van der Waals surface area contributed by atoms with Crippen LogP contribution >= 0.6 is 0 Å². The molecule has 0 aromatic carbocycles. The molecule has 0 saturated heterocycles. The Labute approximate surface area is 208 Å². The summed E-state index contributed by atoms with van der Waals surface area (Å²) in [6.07, 6.45) is 22.4. The van der Waals surface area contributed by atoms with Gasteiger partial charge < -0.3 is 21.1 Å². The number of carbonyl (C=O) groups is 2. The number of carboxylic acids is 1. The normalized spacial score (nSPS) is 13.7. The summed E-state index contributed by atoms with van der Waals surface area (Å²) in [5.41, 5.74) is 4.16. The van der Waals surface area contributed by atoms with Crippen LogP contribution in [0.5, 0.6) is 0 Å². The van der Waals surface area contributed by atoms with Crippen LogP contribution in [0.25, 0.3) is 0 Å². The van der Waals surface area contributed by atoms with Crippen LogP contribution in [0, 0.1) is 0 Å². The van der Waals surface area contributed by atoms with Crippen molar-refractivity contribution >= 4 is 11.9 Å². The molecule has 0 heterocycles. The molecule has 0 radical (unpaired) electrons. The Morgan fingerprint density at radius 1 is 0.735 bits per heavy atom. The van der Waals surface area contributed by atoms with Crippen molar-refractivity contribution in [2.24, 2.45) is 5.73 Å². The molecule has 0 aromatic rings. The summed E-state index contributed by atoms with van der Waals surface area (Å²) in [4.78, 5) is 22.3. The maximum atomic E-state index is 11.6. The second kappa shape index (κ2) is 22.1. The highest BCUT2D eigenvalue weighted by atomic mass is 16.4. The minimum Gasteiger partial charge on any atom is -0.478 e. The zero-order valence-corrected chi connectivity index (χ0v) is 21.9. The predicted octanol–water partition coefficient (Wildman–Crippen LogP) is 6.42. The Hall–Kier alpha value is -1.40. The van der Waals surface area contributed by atoms with Gasteiger partial charge in [0.05, 0.1) is 12.2 Å². The highest BCUT2D eigenvalue weighted by molar-refractivity contribution is 5.86. The van der Waals surface area contributed by atoms with Crippen molar-refractivity contribution < 1.29 is 24.9 Å². The molecular formula is C28H53NO5. The van der Waals surface area contributed by atoms with Gasteiger partial charge in [0, 0.05) is 12.0 Å². The maximum absolute atomic E-state index is 11.6. The summed E-state index contributed by atoms with van der Waals surface area (Å²) < 4.78 is 0. The topological polar surface area (TPSA) is 121 Å². The van der Waals surface area contributed by atoms with Crippen LogP contribution in [0.2, 0.25) is 0 Å². The molecule has 34 heavy (non-hydrogen) atoms. The van der Waals surface area contributed by atoms with Gasteiger partial charge in [0.1, 0.15) is 0 Å². The van der Waals surface area contributed by atoms with Gasteiger partial charge in [-0.2, -0.15) is 0 Å². The summed E-state index contributed by atoms with van der Waals surface area (Å²) in [5.74, 6) is -1.24. The van der Waals surface area contributed by atoms with E-state index >= 15 is 0 Å². The van der Waals surface area contributed by atoms with E-state index in [0.29, 0.717) is 31.3 Å². The molecule has 0 aliphatic rings. The third-order valence-corrected chi connectivity index (χ3v) is 6.66. The molecule has 6 heteroatoms. The first kappa shape index (κ1) is 32.6. The molecule has 0 aromatic heterocycles. The largest absolute Gasteiger partial charge is 0.478 e. The quantitative estimate of drug-likeness (QED) is 0.0882. The summed E-state index contributed by atoms with van der Waals surface area (Å²) in [7, 11) is 0. The van der Waals surface area contributed by atoms with Gasteiger partial charge in [-0.25, -0.2) is 4.79 Å². The highest BCUT2D eigenvalue weighted by Crippen LogP contribution is 2.22. The van der Waals surface area contributed by atoms with E-state index in [-0.39, 0.29) is 12.3 Å². The average Bonchev–Trinajstić information content (AvgIpc) is 2.80. The lowest BCUT2D eigenvalue weighted by Gasteiger charge is -2.24. The van der Waals surface area contributed by atoms with E-state index in [4.69, 9.17) is 5.73 Å². The van der Waals surface area contributed by atoms with Crippen molar-refractivity contribution in [3.8, 4) is 0 Å². The smallest absolute Gasteiger partial charge is 0.331 e. The Kier molecular flexibility index (Phi) is 21.2. The molecule has 1 amide bonds. The van der Waals surface area contributed by atoms with E-state index in [1.807, 2.05) is 0 Å². The molecule has 0 fully saturated rings. The van der Waals surface area contributed by atoms with Crippen molar-refractivity contribution in [1.29, 1.82) is 0 Å². The molecule has 0 spiro atoms. The van der Waals surface area contributed by atoms with Crippen molar-refractivity contribution in [2.45, 2.75) is 147 Å². The average molecular weight is 484 g/mol. The number of carbonyl (C=O) groups excluding carboxylic acids is 1. The van der Waals surface area contributed by atoms with E-state index in [1.54, 1.807) is 6.08 Å². The Bertz CT molecular complexity index is 549. The number of hydrogen-bond acceptors (Lipinski definition) is 4. The minimum absolute atomic E-state index is 0.144. The van der Waals surface area contributed by atoms with Gasteiger partial charge >= 0.3 is 5.97 Å². The van der Waals surface area contributed by atoms with Crippen LogP contribution in [0.3, 0.4) is 0 Å². The number of amides is 1. The molecule has 0 bridgehead atoms. The van der Waals surface area contributed by atoms with Crippen LogP contribution in [-0.2, 0) is 9.59 Å². The van der Waals surface area contributed by atoms with Crippen molar-refractivity contribution in [1.82, 2.24) is 0 Å². The molecule has 0 aliphatic heterocycles. The Morgan fingerprint density at radius 2 is 1.18 bits per heavy atom. The first-order valence-electron chi connectivity index (χ1n) is 13.9. The Morgan fingerprint density at radius 3 is 1.62 bits per heavy atom. The zero-order chi connectivity index (χ0) is 25.5. The summed E-state index contributed by atoms with van der Waals surface area (Å²) in [6, 6.07) is 0. The first-order chi connectivity index (χ1) is 16.3. The van der Waals surface area contributed by atoms with Gasteiger partial charge in [0.15, 0.2) is 0 Å². The van der Waals surface area contributed by atoms with Gasteiger partial charge in [-0.3, -0.25) is 4.79 Å². The molecule has 5 N–H and O–H groups in total. The third kappa shape index (κ3) is 20.0. The standard InChI is InChI=1S/C28H53NO5/c1-2-3-4-5-6-7-8-9-10-11-12-13-16-19-25(27(32)33)21-23-28(34,24-30)22-18-15-14-17-20-26(29)31/h21,30,34H,2-20,22-24H2,1H3,(H2,29,31)(H,32,33)/b25-21+. The van der Waals surface area contributed by atoms with E-state index in [1.165, 1.54) is 64.2 Å².